The molecular weight excluding hydrogens is 432 g/mol. The molecule has 2 aliphatic carbocycles. The lowest BCUT2D eigenvalue weighted by atomic mass is 9.73. The first kappa shape index (κ1) is 23.1. The molecule has 3 fully saturated rings. The molecule has 184 valence electrons. The Labute approximate surface area is 201 Å². The first-order valence-corrected chi connectivity index (χ1v) is 12.5. The van der Waals surface area contributed by atoms with Gasteiger partial charge in [0.15, 0.2) is 5.96 Å². The Morgan fingerprint density at radius 1 is 1.35 bits per heavy atom. The Morgan fingerprint density at radius 3 is 2.79 bits per heavy atom. The summed E-state index contributed by atoms with van der Waals surface area (Å²) in [7, 11) is 1.64. The first-order valence-electron chi connectivity index (χ1n) is 12.5. The van der Waals surface area contributed by atoms with Crippen molar-refractivity contribution in [2.24, 2.45) is 11.8 Å². The lowest BCUT2D eigenvalue weighted by molar-refractivity contribution is -0.133. The summed E-state index contributed by atoms with van der Waals surface area (Å²) >= 11 is 0. The standard InChI is InChI=1S/C26H36N4O4/c1-25(2)15-22(31)30(24(27)29-25)20(9-12-33-3)17-13-18(17)23(32)28-19-14-26(10-6-11-26)34-21-8-5-4-7-16(19)21/h4-5,7-8,17-20H,6,9-15H2,1-3H3,(H2,27,29)(H,28,32)/t17-,18-,19?,20-/m1/s1. The smallest absolute Gasteiger partial charge is 0.231 e. The van der Waals surface area contributed by atoms with E-state index in [-0.39, 0.29) is 47.3 Å². The average Bonchev–Trinajstić information content (AvgIpc) is 3.54. The number of para-hydroxylation sites is 1. The number of carbonyl (C=O) groups excluding carboxylic acids is 2. The van der Waals surface area contributed by atoms with Crippen molar-refractivity contribution in [2.75, 3.05) is 13.7 Å². The van der Waals surface area contributed by atoms with Crippen molar-refractivity contribution in [2.45, 2.75) is 82.0 Å². The molecule has 4 atom stereocenters. The maximum absolute atomic E-state index is 13.4. The number of rotatable bonds is 7. The first-order chi connectivity index (χ1) is 16.2. The minimum atomic E-state index is -0.440. The molecule has 1 spiro atoms. The van der Waals surface area contributed by atoms with E-state index >= 15 is 0 Å². The zero-order chi connectivity index (χ0) is 24.1. The molecule has 5 rings (SSSR count). The summed E-state index contributed by atoms with van der Waals surface area (Å²) in [5.74, 6) is 0.836. The zero-order valence-corrected chi connectivity index (χ0v) is 20.4. The molecule has 0 radical (unpaired) electrons. The molecular formula is C26H36N4O4. The Hall–Kier alpha value is -2.61. The molecule has 34 heavy (non-hydrogen) atoms. The SMILES string of the molecule is COCC[C@H]([C@@H]1C[C@H]1C(=O)NC1CC2(CCC2)Oc2ccccc21)N1C(=N)NC(C)(C)CC1=O. The number of nitrogens with zero attached hydrogens (tertiary/aromatic N) is 1. The average molecular weight is 469 g/mol. The van der Waals surface area contributed by atoms with Crippen LogP contribution >= 0.6 is 0 Å². The Bertz CT molecular complexity index is 969. The van der Waals surface area contributed by atoms with E-state index < -0.39 is 5.54 Å². The number of hydrogen-bond donors (Lipinski definition) is 3. The van der Waals surface area contributed by atoms with Crippen molar-refractivity contribution in [3.05, 3.63) is 29.8 Å². The van der Waals surface area contributed by atoms with Gasteiger partial charge in [0.05, 0.1) is 6.04 Å². The van der Waals surface area contributed by atoms with Gasteiger partial charge in [0.2, 0.25) is 11.8 Å². The molecule has 1 aromatic rings. The summed E-state index contributed by atoms with van der Waals surface area (Å²) < 4.78 is 11.6. The van der Waals surface area contributed by atoms with Gasteiger partial charge in [-0.05, 0) is 57.9 Å². The highest BCUT2D eigenvalue weighted by Crippen LogP contribution is 2.50. The Morgan fingerprint density at radius 2 is 2.12 bits per heavy atom. The molecule has 2 saturated carbocycles. The van der Waals surface area contributed by atoms with Crippen molar-refractivity contribution in [3.63, 3.8) is 0 Å². The van der Waals surface area contributed by atoms with Crippen LogP contribution in [-0.4, -0.2) is 53.6 Å². The van der Waals surface area contributed by atoms with Crippen molar-refractivity contribution >= 4 is 17.8 Å². The van der Waals surface area contributed by atoms with Crippen LogP contribution in [0.5, 0.6) is 5.75 Å². The largest absolute Gasteiger partial charge is 0.487 e. The van der Waals surface area contributed by atoms with Crippen LogP contribution in [0.1, 0.15) is 70.4 Å². The fourth-order valence-electron chi connectivity index (χ4n) is 5.98. The summed E-state index contributed by atoms with van der Waals surface area (Å²) in [5, 5.41) is 15.0. The van der Waals surface area contributed by atoms with E-state index in [0.29, 0.717) is 19.4 Å². The van der Waals surface area contributed by atoms with E-state index in [0.717, 1.165) is 43.4 Å². The van der Waals surface area contributed by atoms with Gasteiger partial charge in [0.25, 0.3) is 0 Å². The van der Waals surface area contributed by atoms with Crippen LogP contribution in [0.25, 0.3) is 0 Å². The number of nitrogens with one attached hydrogen (secondary N) is 3. The highest BCUT2D eigenvalue weighted by atomic mass is 16.5. The van der Waals surface area contributed by atoms with E-state index in [9.17, 15) is 9.59 Å². The number of amides is 2. The van der Waals surface area contributed by atoms with Gasteiger partial charge in [-0.15, -0.1) is 0 Å². The molecule has 8 nitrogen and oxygen atoms in total. The number of guanidine groups is 1. The fraction of sp³-hybridized carbons (Fsp3) is 0.654. The van der Waals surface area contributed by atoms with Crippen LogP contribution in [0.2, 0.25) is 0 Å². The summed E-state index contributed by atoms with van der Waals surface area (Å²) in [4.78, 5) is 27.9. The van der Waals surface area contributed by atoms with Gasteiger partial charge in [-0.2, -0.15) is 0 Å². The van der Waals surface area contributed by atoms with Crippen LogP contribution in [0.3, 0.4) is 0 Å². The topological polar surface area (TPSA) is 104 Å². The molecule has 1 saturated heterocycles. The summed E-state index contributed by atoms with van der Waals surface area (Å²) in [6.07, 6.45) is 5.66. The number of hydrogen-bond acceptors (Lipinski definition) is 5. The number of benzene rings is 1. The molecule has 1 unspecified atom stereocenters. The third-order valence-corrected chi connectivity index (χ3v) is 7.96. The highest BCUT2D eigenvalue weighted by Gasteiger charge is 2.53. The van der Waals surface area contributed by atoms with E-state index in [1.165, 1.54) is 0 Å². The van der Waals surface area contributed by atoms with Crippen molar-refractivity contribution in [1.82, 2.24) is 15.5 Å². The predicted octanol–water partition coefficient (Wildman–Crippen LogP) is 3.13. The molecule has 2 amide bonds. The third kappa shape index (κ3) is 4.28. The van der Waals surface area contributed by atoms with E-state index in [1.807, 2.05) is 38.1 Å². The van der Waals surface area contributed by atoms with Gasteiger partial charge in [-0.25, -0.2) is 0 Å². The van der Waals surface area contributed by atoms with Gasteiger partial charge >= 0.3 is 0 Å². The second-order valence-electron chi connectivity index (χ2n) is 11.1. The minimum absolute atomic E-state index is 0.0233. The highest BCUT2D eigenvalue weighted by molar-refractivity contribution is 5.99. The van der Waals surface area contributed by atoms with E-state index in [4.69, 9.17) is 14.9 Å². The molecule has 4 aliphatic rings. The van der Waals surface area contributed by atoms with E-state index in [1.54, 1.807) is 12.0 Å². The molecule has 0 bridgehead atoms. The Balaban J connectivity index is 1.29. The van der Waals surface area contributed by atoms with Gasteiger partial charge < -0.3 is 20.1 Å². The summed E-state index contributed by atoms with van der Waals surface area (Å²) in [6.45, 7) is 4.33. The van der Waals surface area contributed by atoms with Crippen LogP contribution < -0.4 is 15.4 Å². The van der Waals surface area contributed by atoms with E-state index in [2.05, 4.69) is 10.6 Å². The maximum Gasteiger partial charge on any atom is 0.231 e. The van der Waals surface area contributed by atoms with Gasteiger partial charge in [0, 0.05) is 49.6 Å². The molecule has 2 aliphatic heterocycles. The fourth-order valence-corrected chi connectivity index (χ4v) is 5.98. The van der Waals surface area contributed by atoms with Crippen LogP contribution in [-0.2, 0) is 14.3 Å². The zero-order valence-electron chi connectivity index (χ0n) is 20.4. The number of fused-ring (bicyclic) bond motifs is 1. The normalized spacial score (nSPS) is 29.4. The lowest BCUT2D eigenvalue weighted by Gasteiger charge is -2.48. The Kier molecular flexibility index (Phi) is 5.82. The van der Waals surface area contributed by atoms with Gasteiger partial charge in [-0.1, -0.05) is 18.2 Å². The van der Waals surface area contributed by atoms with Crippen molar-refractivity contribution < 1.29 is 19.1 Å². The lowest BCUT2D eigenvalue weighted by Crippen LogP contribution is -2.63. The second-order valence-corrected chi connectivity index (χ2v) is 11.1. The van der Waals surface area contributed by atoms with Crippen LogP contribution in [0.4, 0.5) is 0 Å². The number of carbonyl (C=O) groups is 2. The van der Waals surface area contributed by atoms with Gasteiger partial charge in [-0.3, -0.25) is 19.9 Å². The monoisotopic (exact) mass is 468 g/mol. The predicted molar refractivity (Wildman–Crippen MR) is 127 cm³/mol. The van der Waals surface area contributed by atoms with Crippen molar-refractivity contribution in [3.8, 4) is 5.75 Å². The molecule has 8 heteroatoms. The van der Waals surface area contributed by atoms with Crippen LogP contribution in [0.15, 0.2) is 24.3 Å². The summed E-state index contributed by atoms with van der Waals surface area (Å²) in [6, 6.07) is 7.72. The third-order valence-electron chi connectivity index (χ3n) is 7.96. The molecule has 0 aromatic heterocycles. The minimum Gasteiger partial charge on any atom is -0.487 e. The number of ether oxygens (including phenoxy) is 2. The quantitative estimate of drug-likeness (QED) is 0.570. The molecule has 1 aromatic carbocycles. The maximum atomic E-state index is 13.4. The number of methoxy groups -OCH3 is 1. The molecule has 2 heterocycles. The van der Waals surface area contributed by atoms with Crippen LogP contribution in [0, 0.1) is 17.2 Å². The molecule has 3 N–H and O–H groups in total. The van der Waals surface area contributed by atoms with Gasteiger partial charge in [0.1, 0.15) is 11.4 Å². The summed E-state index contributed by atoms with van der Waals surface area (Å²) in [5.41, 5.74) is 0.454. The second kappa shape index (κ2) is 8.56. The van der Waals surface area contributed by atoms with Crippen molar-refractivity contribution in [1.29, 1.82) is 5.41 Å².